The van der Waals surface area contributed by atoms with E-state index in [0.29, 0.717) is 13.1 Å². The normalized spacial score (nSPS) is 11.1. The summed E-state index contributed by atoms with van der Waals surface area (Å²) in [6.07, 6.45) is 3.76. The lowest BCUT2D eigenvalue weighted by atomic mass is 10.1. The third-order valence-electron chi connectivity index (χ3n) is 4.97. The number of aliphatic imine (C=N–C) groups is 1. The van der Waals surface area contributed by atoms with Crippen LogP contribution in [0.1, 0.15) is 37.5 Å². The molecule has 33 heavy (non-hydrogen) atoms. The van der Waals surface area contributed by atoms with Gasteiger partial charge in [-0.3, -0.25) is 9.48 Å². The monoisotopic (exact) mass is 560 g/mol. The van der Waals surface area contributed by atoms with Crippen LogP contribution < -0.4 is 16.0 Å². The van der Waals surface area contributed by atoms with Crippen molar-refractivity contribution in [2.24, 2.45) is 10.9 Å². The largest absolute Gasteiger partial charge is 0.357 e. The summed E-state index contributed by atoms with van der Waals surface area (Å²) >= 11 is 0. The molecule has 1 amide bonds. The highest BCUT2D eigenvalue weighted by Crippen LogP contribution is 2.12. The Kier molecular flexibility index (Phi) is 10.9. The van der Waals surface area contributed by atoms with Gasteiger partial charge in [0, 0.05) is 37.1 Å². The van der Waals surface area contributed by atoms with Gasteiger partial charge in [0.25, 0.3) is 0 Å². The highest BCUT2D eigenvalue weighted by atomic mass is 127. The second-order valence-corrected chi connectivity index (χ2v) is 7.86. The first-order chi connectivity index (χ1) is 15.5. The molecule has 3 aromatic rings. The predicted octanol–water partition coefficient (Wildman–Crippen LogP) is 4.40. The molecule has 7 nitrogen and oxygen atoms in total. The molecule has 8 heteroatoms. The van der Waals surface area contributed by atoms with Crippen molar-refractivity contribution in [3.8, 4) is 0 Å². The lowest BCUT2D eigenvalue weighted by molar-refractivity contribution is -0.118. The van der Waals surface area contributed by atoms with Gasteiger partial charge in [-0.25, -0.2) is 4.99 Å². The number of anilines is 1. The number of benzene rings is 2. The highest BCUT2D eigenvalue weighted by molar-refractivity contribution is 14.0. The van der Waals surface area contributed by atoms with Crippen LogP contribution in [0, 0.1) is 5.92 Å². The Balaban J connectivity index is 0.00000385. The van der Waals surface area contributed by atoms with Gasteiger partial charge in [0.05, 0.1) is 13.1 Å². The van der Waals surface area contributed by atoms with Crippen LogP contribution in [-0.4, -0.2) is 28.2 Å². The van der Waals surface area contributed by atoms with E-state index in [9.17, 15) is 4.79 Å². The summed E-state index contributed by atoms with van der Waals surface area (Å²) in [6.45, 7) is 8.54. The average molecular weight is 560 g/mol. The lowest BCUT2D eigenvalue weighted by Crippen LogP contribution is -2.37. The molecular weight excluding hydrogens is 527 g/mol. The van der Waals surface area contributed by atoms with E-state index in [1.54, 1.807) is 6.20 Å². The molecule has 0 fully saturated rings. The van der Waals surface area contributed by atoms with E-state index in [1.807, 2.05) is 61.1 Å². The Morgan fingerprint density at radius 2 is 1.76 bits per heavy atom. The van der Waals surface area contributed by atoms with Crippen LogP contribution in [0.4, 0.5) is 5.69 Å². The van der Waals surface area contributed by atoms with E-state index >= 15 is 0 Å². The van der Waals surface area contributed by atoms with Gasteiger partial charge >= 0.3 is 0 Å². The van der Waals surface area contributed by atoms with Crippen molar-refractivity contribution in [3.63, 3.8) is 0 Å². The zero-order valence-corrected chi connectivity index (χ0v) is 21.7. The molecule has 1 heterocycles. The number of carbonyl (C=O) groups excluding carboxylic acids is 1. The van der Waals surface area contributed by atoms with Crippen molar-refractivity contribution in [3.05, 3.63) is 83.7 Å². The Morgan fingerprint density at radius 1 is 1.03 bits per heavy atom. The predicted molar refractivity (Wildman–Crippen MR) is 145 cm³/mol. The quantitative estimate of drug-likeness (QED) is 0.206. The Bertz CT molecular complexity index is 1020. The molecule has 0 spiro atoms. The molecule has 0 radical (unpaired) electrons. The van der Waals surface area contributed by atoms with Gasteiger partial charge in [-0.15, -0.1) is 24.0 Å². The van der Waals surface area contributed by atoms with Gasteiger partial charge in [-0.05, 0) is 41.8 Å². The number of nitrogens with zero attached hydrogens (tertiary/aromatic N) is 3. The molecule has 0 saturated heterocycles. The molecule has 0 aliphatic heterocycles. The zero-order chi connectivity index (χ0) is 22.8. The summed E-state index contributed by atoms with van der Waals surface area (Å²) in [5.41, 5.74) is 4.30. The maximum atomic E-state index is 11.8. The van der Waals surface area contributed by atoms with Crippen molar-refractivity contribution < 1.29 is 4.79 Å². The molecule has 3 rings (SSSR count). The number of nitrogens with one attached hydrogen (secondary N) is 3. The van der Waals surface area contributed by atoms with Gasteiger partial charge in [-0.1, -0.05) is 50.2 Å². The van der Waals surface area contributed by atoms with Gasteiger partial charge in [0.1, 0.15) is 0 Å². The highest BCUT2D eigenvalue weighted by Gasteiger charge is 2.07. The summed E-state index contributed by atoms with van der Waals surface area (Å²) in [6, 6.07) is 18.1. The van der Waals surface area contributed by atoms with Crippen molar-refractivity contribution in [2.45, 2.75) is 40.4 Å². The molecule has 3 N–H and O–H groups in total. The number of halogens is 1. The Labute approximate surface area is 213 Å². The molecule has 0 saturated carbocycles. The second kappa shape index (κ2) is 13.6. The van der Waals surface area contributed by atoms with Gasteiger partial charge in [0.15, 0.2) is 5.96 Å². The zero-order valence-electron chi connectivity index (χ0n) is 19.4. The van der Waals surface area contributed by atoms with Crippen molar-refractivity contribution in [2.75, 3.05) is 11.9 Å². The van der Waals surface area contributed by atoms with Crippen LogP contribution in [0.25, 0.3) is 0 Å². The number of aromatic nitrogens is 2. The molecule has 176 valence electrons. The maximum Gasteiger partial charge on any atom is 0.226 e. The Hall–Kier alpha value is -2.88. The van der Waals surface area contributed by atoms with E-state index in [-0.39, 0.29) is 35.8 Å². The lowest BCUT2D eigenvalue weighted by Gasteiger charge is -2.14. The number of carbonyl (C=O) groups is 1. The number of rotatable bonds is 9. The number of hydrogen-bond acceptors (Lipinski definition) is 3. The first kappa shape index (κ1) is 26.4. The number of hydrogen-bond donors (Lipinski definition) is 3. The van der Waals surface area contributed by atoms with E-state index in [2.05, 4.69) is 46.2 Å². The fraction of sp³-hybridized carbons (Fsp3) is 0.320. The van der Waals surface area contributed by atoms with E-state index in [4.69, 9.17) is 4.99 Å². The maximum absolute atomic E-state index is 11.8. The van der Waals surface area contributed by atoms with Gasteiger partial charge in [-0.2, -0.15) is 5.10 Å². The van der Waals surface area contributed by atoms with Gasteiger partial charge in [0.2, 0.25) is 5.91 Å². The minimum atomic E-state index is -0.0438. The Morgan fingerprint density at radius 3 is 2.39 bits per heavy atom. The first-order valence-corrected chi connectivity index (χ1v) is 11.0. The fourth-order valence-corrected chi connectivity index (χ4v) is 3.12. The van der Waals surface area contributed by atoms with Crippen molar-refractivity contribution >= 4 is 41.5 Å². The van der Waals surface area contributed by atoms with Crippen molar-refractivity contribution in [1.82, 2.24) is 20.4 Å². The minimum absolute atomic E-state index is 0. The first-order valence-electron chi connectivity index (χ1n) is 11.0. The molecule has 0 unspecified atom stereocenters. The average Bonchev–Trinajstić information content (AvgIpc) is 3.30. The minimum Gasteiger partial charge on any atom is -0.357 e. The van der Waals surface area contributed by atoms with E-state index in [0.717, 1.165) is 30.3 Å². The van der Waals surface area contributed by atoms with Crippen LogP contribution in [0.15, 0.2) is 72.0 Å². The van der Waals surface area contributed by atoms with Crippen molar-refractivity contribution in [1.29, 1.82) is 0 Å². The van der Waals surface area contributed by atoms with Gasteiger partial charge < -0.3 is 16.0 Å². The standard InChI is InChI=1S/C25H32N6O.HI/c1-4-26-25(27-16-20-10-12-23(13-11-20)30-24(32)19(2)3)28-17-21-8-5-6-9-22(21)18-31-15-7-14-29-31;/h5-15,19H,4,16-18H2,1-3H3,(H,30,32)(H2,26,27,28);1H. The second-order valence-electron chi connectivity index (χ2n) is 7.86. The SMILES string of the molecule is CCNC(=NCc1ccc(NC(=O)C(C)C)cc1)NCc1ccccc1Cn1cccn1.I. The number of guanidine groups is 1. The third kappa shape index (κ3) is 8.53. The molecule has 0 aliphatic carbocycles. The fourth-order valence-electron chi connectivity index (χ4n) is 3.12. The summed E-state index contributed by atoms with van der Waals surface area (Å²) in [5.74, 6) is 0.735. The van der Waals surface area contributed by atoms with Crippen LogP contribution in [0.2, 0.25) is 0 Å². The van der Waals surface area contributed by atoms with E-state index < -0.39 is 0 Å². The summed E-state index contributed by atoms with van der Waals surface area (Å²) < 4.78 is 1.92. The molecule has 2 aromatic carbocycles. The van der Waals surface area contributed by atoms with Crippen LogP contribution >= 0.6 is 24.0 Å². The van der Waals surface area contributed by atoms with Crippen LogP contribution in [-0.2, 0) is 24.4 Å². The molecular formula is C25H33IN6O. The summed E-state index contributed by atoms with van der Waals surface area (Å²) in [5, 5.41) is 13.9. The topological polar surface area (TPSA) is 83.3 Å². The number of amides is 1. The van der Waals surface area contributed by atoms with Crippen LogP contribution in [0.5, 0.6) is 0 Å². The smallest absolute Gasteiger partial charge is 0.226 e. The summed E-state index contributed by atoms with van der Waals surface area (Å²) in [7, 11) is 0. The molecule has 0 bridgehead atoms. The van der Waals surface area contributed by atoms with Crippen LogP contribution in [0.3, 0.4) is 0 Å². The van der Waals surface area contributed by atoms with E-state index in [1.165, 1.54) is 11.1 Å². The molecule has 1 aromatic heterocycles. The molecule has 0 atom stereocenters. The summed E-state index contributed by atoms with van der Waals surface area (Å²) in [4.78, 5) is 16.5. The molecule has 0 aliphatic rings. The third-order valence-corrected chi connectivity index (χ3v) is 4.97.